The number of imidazole rings is 1. The number of nitrogens with one attached hydrogen (secondary N) is 1. The highest BCUT2D eigenvalue weighted by Gasteiger charge is 2.32. The van der Waals surface area contributed by atoms with Crippen LogP contribution in [-0.2, 0) is 18.3 Å². The van der Waals surface area contributed by atoms with Crippen LogP contribution in [0.4, 0.5) is 0 Å². The van der Waals surface area contributed by atoms with Gasteiger partial charge in [0.05, 0.1) is 30.8 Å². The van der Waals surface area contributed by atoms with E-state index in [-0.39, 0.29) is 6.10 Å². The predicted octanol–water partition coefficient (Wildman–Crippen LogP) is 1.97. The molecule has 1 fully saturated rings. The summed E-state index contributed by atoms with van der Waals surface area (Å²) in [4.78, 5) is 6.67. The lowest BCUT2D eigenvalue weighted by Crippen LogP contribution is -2.48. The number of benzene rings is 1. The molecule has 0 aliphatic carbocycles. The van der Waals surface area contributed by atoms with Crippen LogP contribution in [-0.4, -0.2) is 46.8 Å². The Hall–Kier alpha value is -1.69. The van der Waals surface area contributed by atoms with E-state index in [2.05, 4.69) is 52.5 Å². The van der Waals surface area contributed by atoms with Crippen molar-refractivity contribution in [1.29, 1.82) is 0 Å². The van der Waals surface area contributed by atoms with E-state index in [0.29, 0.717) is 6.04 Å². The van der Waals surface area contributed by atoms with Crippen LogP contribution in [0, 0.1) is 0 Å². The van der Waals surface area contributed by atoms with E-state index in [1.807, 2.05) is 24.1 Å². The second-order valence-corrected chi connectivity index (χ2v) is 6.02. The van der Waals surface area contributed by atoms with Crippen LogP contribution < -0.4 is 5.32 Å². The normalized spacial score (nSPS) is 22.3. The fourth-order valence-electron chi connectivity index (χ4n) is 3.29. The Bertz CT molecular complexity index is 598. The van der Waals surface area contributed by atoms with Crippen molar-refractivity contribution in [3.05, 3.63) is 54.1 Å². The summed E-state index contributed by atoms with van der Waals surface area (Å²) < 4.78 is 8.14. The van der Waals surface area contributed by atoms with Crippen LogP contribution in [0.15, 0.2) is 42.9 Å². The highest BCUT2D eigenvalue weighted by Crippen LogP contribution is 2.29. The lowest BCUT2D eigenvalue weighted by atomic mass is 9.98. The quantitative estimate of drug-likeness (QED) is 0.885. The van der Waals surface area contributed by atoms with Crippen molar-refractivity contribution in [3.63, 3.8) is 0 Å². The number of aryl methyl sites for hydroxylation is 1. The van der Waals surface area contributed by atoms with Crippen molar-refractivity contribution >= 4 is 0 Å². The lowest BCUT2D eigenvalue weighted by Gasteiger charge is -2.41. The summed E-state index contributed by atoms with van der Waals surface area (Å²) in [7, 11) is 2.02. The van der Waals surface area contributed by atoms with Gasteiger partial charge in [-0.15, -0.1) is 0 Å². The first-order chi connectivity index (χ1) is 11.3. The van der Waals surface area contributed by atoms with E-state index in [0.717, 1.165) is 32.8 Å². The molecule has 5 heteroatoms. The lowest BCUT2D eigenvalue weighted by molar-refractivity contribution is -0.0695. The SMILES string of the molecule is CCN1CCO[C@@H](CNCc2cncn2C)[C@@H]1c1ccccc1. The van der Waals surface area contributed by atoms with Gasteiger partial charge in [0.25, 0.3) is 0 Å². The minimum atomic E-state index is 0.166. The molecule has 0 bridgehead atoms. The van der Waals surface area contributed by atoms with Gasteiger partial charge in [0, 0.05) is 32.9 Å². The maximum atomic E-state index is 6.10. The molecule has 1 saturated heterocycles. The Morgan fingerprint density at radius 3 is 2.83 bits per heavy atom. The summed E-state index contributed by atoms with van der Waals surface area (Å²) in [6.45, 7) is 6.71. The molecule has 1 aromatic heterocycles. The maximum absolute atomic E-state index is 6.10. The number of aromatic nitrogens is 2. The summed E-state index contributed by atoms with van der Waals surface area (Å²) >= 11 is 0. The monoisotopic (exact) mass is 314 g/mol. The molecular weight excluding hydrogens is 288 g/mol. The van der Waals surface area contributed by atoms with Crippen molar-refractivity contribution in [3.8, 4) is 0 Å². The van der Waals surface area contributed by atoms with Gasteiger partial charge < -0.3 is 14.6 Å². The summed E-state index contributed by atoms with van der Waals surface area (Å²) in [5.74, 6) is 0. The topological polar surface area (TPSA) is 42.3 Å². The molecule has 2 atom stereocenters. The third-order valence-electron chi connectivity index (χ3n) is 4.57. The van der Waals surface area contributed by atoms with Crippen molar-refractivity contribution in [1.82, 2.24) is 19.8 Å². The maximum Gasteiger partial charge on any atom is 0.0945 e. The smallest absolute Gasteiger partial charge is 0.0945 e. The molecule has 0 spiro atoms. The van der Waals surface area contributed by atoms with E-state index in [9.17, 15) is 0 Å². The average Bonchev–Trinajstić information content (AvgIpc) is 3.00. The molecule has 0 unspecified atom stereocenters. The second-order valence-electron chi connectivity index (χ2n) is 6.02. The Balaban J connectivity index is 1.67. The first kappa shape index (κ1) is 16.2. The Morgan fingerprint density at radius 1 is 1.30 bits per heavy atom. The molecule has 124 valence electrons. The molecule has 1 aromatic carbocycles. The number of morpholine rings is 1. The predicted molar refractivity (Wildman–Crippen MR) is 91.1 cm³/mol. The van der Waals surface area contributed by atoms with Crippen LogP contribution in [0.25, 0.3) is 0 Å². The summed E-state index contributed by atoms with van der Waals surface area (Å²) in [5.41, 5.74) is 2.52. The number of hydrogen-bond acceptors (Lipinski definition) is 4. The van der Waals surface area contributed by atoms with E-state index < -0.39 is 0 Å². The average molecular weight is 314 g/mol. The number of likely N-dealkylation sites (N-methyl/N-ethyl adjacent to an activating group) is 1. The third-order valence-corrected chi connectivity index (χ3v) is 4.57. The molecule has 1 aliphatic rings. The van der Waals surface area contributed by atoms with Gasteiger partial charge in [-0.3, -0.25) is 4.90 Å². The van der Waals surface area contributed by atoms with E-state index in [1.54, 1.807) is 0 Å². The Labute approximate surface area is 138 Å². The Morgan fingerprint density at radius 2 is 2.13 bits per heavy atom. The van der Waals surface area contributed by atoms with Crippen LogP contribution in [0.1, 0.15) is 24.2 Å². The minimum Gasteiger partial charge on any atom is -0.374 e. The molecule has 3 rings (SSSR count). The fourth-order valence-corrected chi connectivity index (χ4v) is 3.29. The molecular formula is C18H26N4O. The zero-order valence-corrected chi connectivity index (χ0v) is 14.0. The van der Waals surface area contributed by atoms with Crippen LogP contribution in [0.3, 0.4) is 0 Å². The van der Waals surface area contributed by atoms with Crippen molar-refractivity contribution in [2.75, 3.05) is 26.2 Å². The standard InChI is InChI=1S/C18H26N4O/c1-3-22-9-10-23-17(18(22)15-7-5-4-6-8-15)13-19-11-16-12-20-14-21(16)2/h4-8,12,14,17-19H,3,9-11,13H2,1-2H3/t17-,18-/m0/s1. The van der Waals surface area contributed by atoms with E-state index >= 15 is 0 Å². The van der Waals surface area contributed by atoms with Crippen molar-refractivity contribution in [2.24, 2.45) is 7.05 Å². The molecule has 0 amide bonds. The number of rotatable bonds is 6. The molecule has 2 aromatic rings. The summed E-state index contributed by atoms with van der Waals surface area (Å²) in [5, 5.41) is 3.53. The molecule has 1 aliphatic heterocycles. The molecule has 0 saturated carbocycles. The van der Waals surface area contributed by atoms with Crippen LogP contribution >= 0.6 is 0 Å². The number of ether oxygens (including phenoxy) is 1. The molecule has 1 N–H and O–H groups in total. The Kier molecular flexibility index (Phi) is 5.43. The first-order valence-corrected chi connectivity index (χ1v) is 8.36. The summed E-state index contributed by atoms with van der Waals surface area (Å²) in [6.07, 6.45) is 3.90. The number of hydrogen-bond donors (Lipinski definition) is 1. The molecule has 23 heavy (non-hydrogen) atoms. The van der Waals surface area contributed by atoms with Gasteiger partial charge in [0.2, 0.25) is 0 Å². The second kappa shape index (κ2) is 7.73. The van der Waals surface area contributed by atoms with Crippen molar-refractivity contribution < 1.29 is 4.74 Å². The van der Waals surface area contributed by atoms with Gasteiger partial charge in [-0.1, -0.05) is 37.3 Å². The van der Waals surface area contributed by atoms with Crippen LogP contribution in [0.2, 0.25) is 0 Å². The molecule has 2 heterocycles. The fraction of sp³-hybridized carbons (Fsp3) is 0.500. The van der Waals surface area contributed by atoms with E-state index in [1.165, 1.54) is 11.3 Å². The highest BCUT2D eigenvalue weighted by atomic mass is 16.5. The minimum absolute atomic E-state index is 0.166. The largest absolute Gasteiger partial charge is 0.374 e. The van der Waals surface area contributed by atoms with Gasteiger partial charge in [0.15, 0.2) is 0 Å². The zero-order chi connectivity index (χ0) is 16.1. The molecule has 0 radical (unpaired) electrons. The van der Waals surface area contributed by atoms with Gasteiger partial charge in [-0.2, -0.15) is 0 Å². The van der Waals surface area contributed by atoms with Gasteiger partial charge in [0.1, 0.15) is 0 Å². The van der Waals surface area contributed by atoms with E-state index in [4.69, 9.17) is 4.74 Å². The van der Waals surface area contributed by atoms with Gasteiger partial charge in [-0.25, -0.2) is 4.98 Å². The number of nitrogens with zero attached hydrogens (tertiary/aromatic N) is 3. The summed E-state index contributed by atoms with van der Waals surface area (Å²) in [6, 6.07) is 11.0. The molecule has 5 nitrogen and oxygen atoms in total. The third kappa shape index (κ3) is 3.80. The van der Waals surface area contributed by atoms with Gasteiger partial charge >= 0.3 is 0 Å². The van der Waals surface area contributed by atoms with Gasteiger partial charge in [-0.05, 0) is 12.1 Å². The first-order valence-electron chi connectivity index (χ1n) is 8.36. The van der Waals surface area contributed by atoms with Crippen molar-refractivity contribution in [2.45, 2.75) is 25.6 Å². The van der Waals surface area contributed by atoms with Crippen LogP contribution in [0.5, 0.6) is 0 Å². The highest BCUT2D eigenvalue weighted by molar-refractivity contribution is 5.21. The zero-order valence-electron chi connectivity index (χ0n) is 14.0.